The van der Waals surface area contributed by atoms with E-state index in [2.05, 4.69) is 15.6 Å². The smallest absolute Gasteiger partial charge is 0.254 e. The van der Waals surface area contributed by atoms with Gasteiger partial charge in [-0.3, -0.25) is 9.59 Å². The summed E-state index contributed by atoms with van der Waals surface area (Å²) in [6, 6.07) is 7.93. The molecule has 0 saturated heterocycles. The molecule has 0 saturated carbocycles. The van der Waals surface area contributed by atoms with Crippen LogP contribution in [0.4, 0.5) is 18.3 Å². The number of nitrogens with one attached hydrogen (secondary N) is 2. The van der Waals surface area contributed by atoms with Gasteiger partial charge in [0.15, 0.2) is 16.8 Å². The molecule has 0 aliphatic carbocycles. The van der Waals surface area contributed by atoms with Gasteiger partial charge >= 0.3 is 0 Å². The van der Waals surface area contributed by atoms with Crippen molar-refractivity contribution >= 4 is 28.3 Å². The average Bonchev–Trinajstić information content (AvgIpc) is 3.16. The minimum atomic E-state index is -0.998. The van der Waals surface area contributed by atoms with E-state index in [0.717, 1.165) is 29.5 Å². The molecule has 5 nitrogen and oxygen atoms in total. The number of anilines is 1. The van der Waals surface area contributed by atoms with Crippen LogP contribution in [-0.2, 0) is 4.79 Å². The number of benzene rings is 2. The second kappa shape index (κ2) is 9.08. The van der Waals surface area contributed by atoms with Crippen LogP contribution < -0.4 is 10.6 Å². The van der Waals surface area contributed by atoms with Crippen LogP contribution in [0.3, 0.4) is 0 Å². The number of hydrogen-bond acceptors (Lipinski definition) is 4. The van der Waals surface area contributed by atoms with Crippen LogP contribution in [0, 0.1) is 23.4 Å². The lowest BCUT2D eigenvalue weighted by molar-refractivity contribution is -0.118. The van der Waals surface area contributed by atoms with Crippen LogP contribution in [0.5, 0.6) is 0 Å². The molecular weight excluding hydrogens is 415 g/mol. The Morgan fingerprint density at radius 3 is 2.40 bits per heavy atom. The number of aromatic nitrogens is 1. The predicted octanol–water partition coefficient (Wildman–Crippen LogP) is 4.62. The summed E-state index contributed by atoms with van der Waals surface area (Å²) in [4.78, 5) is 29.3. The molecule has 9 heteroatoms. The summed E-state index contributed by atoms with van der Waals surface area (Å²) in [6.07, 6.45) is 0. The van der Waals surface area contributed by atoms with Crippen LogP contribution in [0.15, 0.2) is 47.8 Å². The molecule has 1 aromatic heterocycles. The second-order valence-corrected chi connectivity index (χ2v) is 7.69. The number of nitrogens with zero attached hydrogens (tertiary/aromatic N) is 1. The Balaban J connectivity index is 1.73. The molecule has 0 spiro atoms. The third kappa shape index (κ3) is 4.85. The number of thiazole rings is 1. The molecule has 2 N–H and O–H groups in total. The molecule has 30 heavy (non-hydrogen) atoms. The van der Waals surface area contributed by atoms with Gasteiger partial charge in [-0.05, 0) is 36.2 Å². The SMILES string of the molecule is CC(C)[C@@H](NC(=O)c1ccccc1F)C(=O)Nc1nc(-c2ccc(F)c(F)c2)cs1. The zero-order chi connectivity index (χ0) is 21.8. The van der Waals surface area contributed by atoms with E-state index >= 15 is 0 Å². The Hall–Kier alpha value is -3.20. The highest BCUT2D eigenvalue weighted by Crippen LogP contribution is 2.26. The Bertz CT molecular complexity index is 1080. The maximum Gasteiger partial charge on any atom is 0.254 e. The molecule has 156 valence electrons. The first-order chi connectivity index (χ1) is 14.3. The van der Waals surface area contributed by atoms with Crippen molar-refractivity contribution in [2.45, 2.75) is 19.9 Å². The van der Waals surface area contributed by atoms with Crippen molar-refractivity contribution < 1.29 is 22.8 Å². The number of amides is 2. The maximum absolute atomic E-state index is 13.8. The zero-order valence-corrected chi connectivity index (χ0v) is 16.9. The van der Waals surface area contributed by atoms with Crippen molar-refractivity contribution in [1.29, 1.82) is 0 Å². The number of hydrogen-bond donors (Lipinski definition) is 2. The normalized spacial score (nSPS) is 11.9. The molecule has 0 bridgehead atoms. The molecule has 3 rings (SSSR count). The first kappa shape index (κ1) is 21.5. The first-order valence-corrected chi connectivity index (χ1v) is 9.91. The topological polar surface area (TPSA) is 71.1 Å². The molecular formula is C21H18F3N3O2S. The van der Waals surface area contributed by atoms with E-state index in [4.69, 9.17) is 0 Å². The third-order valence-corrected chi connectivity index (χ3v) is 5.06. The monoisotopic (exact) mass is 433 g/mol. The lowest BCUT2D eigenvalue weighted by Gasteiger charge is -2.21. The van der Waals surface area contributed by atoms with E-state index in [0.29, 0.717) is 11.3 Å². The molecule has 0 fully saturated rings. The van der Waals surface area contributed by atoms with E-state index in [1.807, 2.05) is 0 Å². The lowest BCUT2D eigenvalue weighted by atomic mass is 10.0. The van der Waals surface area contributed by atoms with Crippen LogP contribution >= 0.6 is 11.3 Å². The van der Waals surface area contributed by atoms with Crippen LogP contribution in [0.25, 0.3) is 11.3 Å². The summed E-state index contributed by atoms with van der Waals surface area (Å²) in [5.41, 5.74) is 0.565. The van der Waals surface area contributed by atoms with E-state index < -0.39 is 35.3 Å². The highest BCUT2D eigenvalue weighted by atomic mass is 32.1. The Kier molecular flexibility index (Phi) is 6.51. The predicted molar refractivity (Wildman–Crippen MR) is 109 cm³/mol. The minimum absolute atomic E-state index is 0.161. The number of carbonyl (C=O) groups is 2. The van der Waals surface area contributed by atoms with Crippen molar-refractivity contribution in [3.05, 3.63) is 70.9 Å². The van der Waals surface area contributed by atoms with Crippen molar-refractivity contribution in [2.75, 3.05) is 5.32 Å². The van der Waals surface area contributed by atoms with Gasteiger partial charge in [0.2, 0.25) is 5.91 Å². The summed E-state index contributed by atoms with van der Waals surface area (Å²) >= 11 is 1.10. The third-order valence-electron chi connectivity index (χ3n) is 4.30. The summed E-state index contributed by atoms with van der Waals surface area (Å²) in [7, 11) is 0. The van der Waals surface area contributed by atoms with Gasteiger partial charge in [-0.1, -0.05) is 26.0 Å². The van der Waals surface area contributed by atoms with Crippen molar-refractivity contribution in [3.8, 4) is 11.3 Å². The van der Waals surface area contributed by atoms with Crippen molar-refractivity contribution in [3.63, 3.8) is 0 Å². The highest BCUT2D eigenvalue weighted by molar-refractivity contribution is 7.14. The van der Waals surface area contributed by atoms with Crippen LogP contribution in [0.2, 0.25) is 0 Å². The van der Waals surface area contributed by atoms with Gasteiger partial charge in [0.1, 0.15) is 11.9 Å². The fourth-order valence-corrected chi connectivity index (χ4v) is 3.42. The fraction of sp³-hybridized carbons (Fsp3) is 0.190. The Morgan fingerprint density at radius 1 is 1.00 bits per heavy atom. The summed E-state index contributed by atoms with van der Waals surface area (Å²) in [5.74, 6) is -4.17. The van der Waals surface area contributed by atoms with E-state index in [1.165, 1.54) is 24.3 Å². The summed E-state index contributed by atoms with van der Waals surface area (Å²) in [6.45, 7) is 3.47. The van der Waals surface area contributed by atoms with Gasteiger partial charge in [-0.2, -0.15) is 0 Å². The first-order valence-electron chi connectivity index (χ1n) is 9.03. The fourth-order valence-electron chi connectivity index (χ4n) is 2.70. The van der Waals surface area contributed by atoms with Gasteiger partial charge < -0.3 is 10.6 Å². The lowest BCUT2D eigenvalue weighted by Crippen LogP contribution is -2.47. The molecule has 0 unspecified atom stereocenters. The average molecular weight is 433 g/mol. The minimum Gasteiger partial charge on any atom is -0.340 e. The molecule has 0 aliphatic rings. The molecule has 2 aromatic carbocycles. The van der Waals surface area contributed by atoms with Gasteiger partial charge in [0, 0.05) is 10.9 Å². The number of halogens is 3. The van der Waals surface area contributed by atoms with Gasteiger partial charge in [-0.25, -0.2) is 18.2 Å². The molecule has 3 aromatic rings. The van der Waals surface area contributed by atoms with Crippen LogP contribution in [-0.4, -0.2) is 22.8 Å². The van der Waals surface area contributed by atoms with Gasteiger partial charge in [0.25, 0.3) is 5.91 Å². The highest BCUT2D eigenvalue weighted by Gasteiger charge is 2.26. The van der Waals surface area contributed by atoms with Crippen molar-refractivity contribution in [1.82, 2.24) is 10.3 Å². The molecule has 1 heterocycles. The van der Waals surface area contributed by atoms with E-state index in [9.17, 15) is 22.8 Å². The van der Waals surface area contributed by atoms with E-state index in [1.54, 1.807) is 19.2 Å². The number of rotatable bonds is 6. The maximum atomic E-state index is 13.8. The Morgan fingerprint density at radius 2 is 1.73 bits per heavy atom. The van der Waals surface area contributed by atoms with E-state index in [-0.39, 0.29) is 16.6 Å². The van der Waals surface area contributed by atoms with Gasteiger partial charge in [-0.15, -0.1) is 11.3 Å². The summed E-state index contributed by atoms with van der Waals surface area (Å²) in [5, 5.41) is 6.96. The zero-order valence-electron chi connectivity index (χ0n) is 16.1. The summed E-state index contributed by atoms with van der Waals surface area (Å²) < 4.78 is 40.4. The Labute approximate surface area is 175 Å². The van der Waals surface area contributed by atoms with Crippen LogP contribution in [0.1, 0.15) is 24.2 Å². The van der Waals surface area contributed by atoms with Gasteiger partial charge in [0.05, 0.1) is 11.3 Å². The molecule has 2 amide bonds. The molecule has 1 atom stereocenters. The largest absolute Gasteiger partial charge is 0.340 e. The quantitative estimate of drug-likeness (QED) is 0.596. The molecule has 0 radical (unpaired) electrons. The second-order valence-electron chi connectivity index (χ2n) is 6.83. The standard InChI is InChI=1S/C21H18F3N3O2S/c1-11(2)18(26-19(28)13-5-3-4-6-14(13)22)20(29)27-21-25-17(10-30-21)12-7-8-15(23)16(24)9-12/h3-11,18H,1-2H3,(H,26,28)(H,25,27,29)/t18-/m1/s1. The van der Waals surface area contributed by atoms with Crippen molar-refractivity contribution in [2.24, 2.45) is 5.92 Å². The molecule has 0 aliphatic heterocycles. The number of carbonyl (C=O) groups excluding carboxylic acids is 2.